The smallest absolute Gasteiger partial charge is 0.494 e. The van der Waals surface area contributed by atoms with Gasteiger partial charge in [-0.1, -0.05) is 18.2 Å². The molecule has 0 N–H and O–H groups in total. The molecule has 0 saturated heterocycles. The van der Waals surface area contributed by atoms with Crippen LogP contribution in [0.3, 0.4) is 0 Å². The largest absolute Gasteiger partial charge is 0.586 e. The van der Waals surface area contributed by atoms with Gasteiger partial charge in [0.05, 0.1) is 34.7 Å². The van der Waals surface area contributed by atoms with Crippen LogP contribution in [0.25, 0.3) is 22.0 Å². The average Bonchev–Trinajstić information content (AvgIpc) is 3.67. The van der Waals surface area contributed by atoms with E-state index in [0.717, 1.165) is 4.68 Å². The molecule has 4 aromatic rings. The number of nitriles is 1. The minimum Gasteiger partial charge on any atom is -0.494 e. The molecule has 2 aliphatic rings. The van der Waals surface area contributed by atoms with Crippen molar-refractivity contribution < 1.29 is 27.8 Å². The second kappa shape index (κ2) is 8.91. The molecule has 0 atom stereocenters. The van der Waals surface area contributed by atoms with E-state index >= 15 is 0 Å². The molecule has 1 aliphatic heterocycles. The first-order valence-corrected chi connectivity index (χ1v) is 12.3. The summed E-state index contributed by atoms with van der Waals surface area (Å²) in [5.41, 5.74) is 0.575. The van der Waals surface area contributed by atoms with E-state index in [4.69, 9.17) is 4.74 Å². The lowest BCUT2D eigenvalue weighted by Gasteiger charge is -2.17. The topological polar surface area (TPSA) is 103 Å². The molecule has 0 radical (unpaired) electrons. The van der Waals surface area contributed by atoms with Gasteiger partial charge in [-0.15, -0.1) is 8.78 Å². The lowest BCUT2D eigenvalue weighted by atomic mass is 9.91. The van der Waals surface area contributed by atoms with Gasteiger partial charge in [-0.25, -0.2) is 4.68 Å². The number of Topliss-reactive ketones (excluding diaryl/α,β-unsaturated/α-hetero) is 1. The van der Waals surface area contributed by atoms with Crippen molar-refractivity contribution in [2.24, 2.45) is 0 Å². The summed E-state index contributed by atoms with van der Waals surface area (Å²) in [6, 6.07) is 18.3. The molecule has 1 aliphatic carbocycles. The van der Waals surface area contributed by atoms with Crippen molar-refractivity contribution in [2.75, 3.05) is 6.61 Å². The first kappa shape index (κ1) is 24.6. The number of benzene rings is 3. The maximum atomic E-state index is 13.6. The van der Waals surface area contributed by atoms with E-state index in [1.807, 2.05) is 6.92 Å². The highest BCUT2D eigenvalue weighted by atomic mass is 19.3. The number of fused-ring (bicyclic) bond motifs is 2. The molecule has 8 nitrogen and oxygen atoms in total. The number of hydrogen-bond acceptors (Lipinski definition) is 7. The Bertz CT molecular complexity index is 1750. The van der Waals surface area contributed by atoms with Crippen LogP contribution in [0.5, 0.6) is 17.2 Å². The fourth-order valence-electron chi connectivity index (χ4n) is 4.97. The molecule has 1 fully saturated rings. The Balaban J connectivity index is 1.42. The normalized spacial score (nSPS) is 16.1. The number of carbonyl (C=O) groups excluding carboxylic acids is 1. The summed E-state index contributed by atoms with van der Waals surface area (Å²) in [6.07, 6.45) is -2.77. The van der Waals surface area contributed by atoms with Crippen LogP contribution in [-0.4, -0.2) is 28.5 Å². The fraction of sp³-hybridized carbons (Fsp3) is 0.241. The third-order valence-corrected chi connectivity index (χ3v) is 7.04. The standard InChI is InChI=1S/C29H21F2N3O5/c1-2-37-20-7-8-21-22(14-20)27(36)34(33-26(21)18-5-3-4-17(12-18)15-32)16-25(35)28(10-11-28)19-6-9-23-24(13-19)39-29(30,31)38-23/h3-9,12-14H,2,10-11,16H2,1H3. The van der Waals surface area contributed by atoms with E-state index in [1.165, 1.54) is 12.1 Å². The predicted octanol–water partition coefficient (Wildman–Crippen LogP) is 4.96. The van der Waals surface area contributed by atoms with Crippen molar-refractivity contribution in [3.8, 4) is 34.6 Å². The van der Waals surface area contributed by atoms with Crippen LogP contribution in [0.2, 0.25) is 0 Å². The number of hydrogen-bond donors (Lipinski definition) is 0. The number of alkyl halides is 2. The molecule has 10 heteroatoms. The summed E-state index contributed by atoms with van der Waals surface area (Å²) in [6.45, 7) is 1.91. The molecule has 0 unspecified atom stereocenters. The van der Waals surface area contributed by atoms with E-state index in [0.29, 0.717) is 58.4 Å². The zero-order valence-corrected chi connectivity index (χ0v) is 20.7. The molecular formula is C29H21F2N3O5. The number of aromatic nitrogens is 2. The van der Waals surface area contributed by atoms with Crippen molar-refractivity contribution in [3.63, 3.8) is 0 Å². The van der Waals surface area contributed by atoms with Crippen molar-refractivity contribution in [1.29, 1.82) is 5.26 Å². The van der Waals surface area contributed by atoms with Crippen LogP contribution in [0.4, 0.5) is 8.78 Å². The molecule has 196 valence electrons. The number of halogens is 2. The molecule has 6 rings (SSSR count). The zero-order valence-electron chi connectivity index (χ0n) is 20.7. The Labute approximate surface area is 221 Å². The summed E-state index contributed by atoms with van der Waals surface area (Å²) in [4.78, 5) is 27.2. The van der Waals surface area contributed by atoms with Crippen LogP contribution in [0.15, 0.2) is 65.5 Å². The summed E-state index contributed by atoms with van der Waals surface area (Å²) in [5.74, 6) is -0.0204. The first-order chi connectivity index (χ1) is 18.7. The third kappa shape index (κ3) is 4.26. The number of nitrogens with zero attached hydrogens (tertiary/aromatic N) is 3. The van der Waals surface area contributed by atoms with Gasteiger partial charge in [-0.3, -0.25) is 9.59 Å². The average molecular weight is 529 g/mol. The number of carbonyl (C=O) groups is 1. The van der Waals surface area contributed by atoms with E-state index < -0.39 is 17.3 Å². The minimum absolute atomic E-state index is 0.103. The lowest BCUT2D eigenvalue weighted by Crippen LogP contribution is -2.32. The third-order valence-electron chi connectivity index (χ3n) is 7.04. The van der Waals surface area contributed by atoms with Gasteiger partial charge in [-0.05, 0) is 67.8 Å². The summed E-state index contributed by atoms with van der Waals surface area (Å²) in [7, 11) is 0. The number of ketones is 1. The lowest BCUT2D eigenvalue weighted by molar-refractivity contribution is -0.286. The highest BCUT2D eigenvalue weighted by Crippen LogP contribution is 2.52. The van der Waals surface area contributed by atoms with E-state index in [1.54, 1.807) is 48.5 Å². The Kier molecular flexibility index (Phi) is 5.61. The molecule has 1 saturated carbocycles. The second-order valence-corrected chi connectivity index (χ2v) is 9.48. The van der Waals surface area contributed by atoms with Gasteiger partial charge in [-0.2, -0.15) is 10.4 Å². The Morgan fingerprint density at radius 2 is 1.87 bits per heavy atom. The first-order valence-electron chi connectivity index (χ1n) is 12.3. The zero-order chi connectivity index (χ0) is 27.4. The SMILES string of the molecule is CCOc1ccc2c(-c3cccc(C#N)c3)nn(CC(=O)C3(c4ccc5c(c4)OC(F)(F)O5)CC3)c(=O)c2c1. The molecule has 0 amide bonds. The molecule has 39 heavy (non-hydrogen) atoms. The molecule has 0 spiro atoms. The second-order valence-electron chi connectivity index (χ2n) is 9.48. The summed E-state index contributed by atoms with van der Waals surface area (Å²) >= 11 is 0. The fourth-order valence-corrected chi connectivity index (χ4v) is 4.97. The van der Waals surface area contributed by atoms with Crippen molar-refractivity contribution >= 4 is 16.6 Å². The Morgan fingerprint density at radius 3 is 2.62 bits per heavy atom. The van der Waals surface area contributed by atoms with Gasteiger partial charge in [0.15, 0.2) is 17.3 Å². The summed E-state index contributed by atoms with van der Waals surface area (Å²) in [5, 5.41) is 14.8. The van der Waals surface area contributed by atoms with Gasteiger partial charge in [0.25, 0.3) is 5.56 Å². The molecule has 1 aromatic heterocycles. The van der Waals surface area contributed by atoms with Crippen LogP contribution in [0, 0.1) is 11.3 Å². The number of ether oxygens (including phenoxy) is 3. The van der Waals surface area contributed by atoms with Crippen molar-refractivity contribution in [2.45, 2.75) is 38.0 Å². The van der Waals surface area contributed by atoms with E-state index in [2.05, 4.69) is 20.6 Å². The maximum absolute atomic E-state index is 13.6. The minimum atomic E-state index is -3.76. The van der Waals surface area contributed by atoms with Crippen molar-refractivity contribution in [1.82, 2.24) is 9.78 Å². The van der Waals surface area contributed by atoms with Crippen LogP contribution in [-0.2, 0) is 16.8 Å². The Hall–Kier alpha value is -4.78. The molecular weight excluding hydrogens is 508 g/mol. The Morgan fingerprint density at radius 1 is 1.08 bits per heavy atom. The van der Waals surface area contributed by atoms with Gasteiger partial charge in [0, 0.05) is 10.9 Å². The monoisotopic (exact) mass is 529 g/mol. The quantitative estimate of drug-likeness (QED) is 0.334. The van der Waals surface area contributed by atoms with Gasteiger partial charge in [0.1, 0.15) is 12.3 Å². The highest BCUT2D eigenvalue weighted by Gasteiger charge is 2.52. The highest BCUT2D eigenvalue weighted by molar-refractivity contribution is 5.96. The van der Waals surface area contributed by atoms with E-state index in [9.17, 15) is 23.6 Å². The van der Waals surface area contributed by atoms with Gasteiger partial charge >= 0.3 is 6.29 Å². The van der Waals surface area contributed by atoms with Crippen LogP contribution < -0.4 is 19.8 Å². The van der Waals surface area contributed by atoms with Gasteiger partial charge in [0.2, 0.25) is 0 Å². The molecule has 3 aromatic carbocycles. The molecule has 0 bridgehead atoms. The maximum Gasteiger partial charge on any atom is 0.586 e. The van der Waals surface area contributed by atoms with Crippen molar-refractivity contribution in [3.05, 3.63) is 82.1 Å². The van der Waals surface area contributed by atoms with Gasteiger partial charge < -0.3 is 14.2 Å². The van der Waals surface area contributed by atoms with E-state index in [-0.39, 0.29) is 23.8 Å². The van der Waals surface area contributed by atoms with Crippen LogP contribution >= 0.6 is 0 Å². The van der Waals surface area contributed by atoms with Crippen LogP contribution in [0.1, 0.15) is 30.9 Å². The molecule has 2 heterocycles. The summed E-state index contributed by atoms with van der Waals surface area (Å²) < 4.78 is 42.8. The predicted molar refractivity (Wildman–Crippen MR) is 136 cm³/mol. The number of rotatable bonds is 7.